The molecular formula is C22H21FN4O3. The summed E-state index contributed by atoms with van der Waals surface area (Å²) in [5, 5.41) is 2.97. The molecule has 1 aliphatic heterocycles. The Kier molecular flexibility index (Phi) is 5.47. The fourth-order valence-electron chi connectivity index (χ4n) is 3.57. The zero-order valence-electron chi connectivity index (χ0n) is 16.2. The number of pyridine rings is 1. The smallest absolute Gasteiger partial charge is 0.257 e. The van der Waals surface area contributed by atoms with E-state index in [0.717, 1.165) is 5.69 Å². The third-order valence-corrected chi connectivity index (χ3v) is 5.26. The largest absolute Gasteiger partial charge is 0.368 e. The highest BCUT2D eigenvalue weighted by atomic mass is 19.1. The lowest BCUT2D eigenvalue weighted by Crippen LogP contribution is -2.51. The summed E-state index contributed by atoms with van der Waals surface area (Å²) < 4.78 is 13.1. The Morgan fingerprint density at radius 1 is 1.00 bits per heavy atom. The van der Waals surface area contributed by atoms with Gasteiger partial charge in [0.2, 0.25) is 11.3 Å². The van der Waals surface area contributed by atoms with Crippen molar-refractivity contribution in [3.63, 3.8) is 0 Å². The fourth-order valence-corrected chi connectivity index (χ4v) is 3.57. The van der Waals surface area contributed by atoms with E-state index in [1.165, 1.54) is 18.3 Å². The predicted octanol–water partition coefficient (Wildman–Crippen LogP) is 1.75. The van der Waals surface area contributed by atoms with Crippen LogP contribution in [0.15, 0.2) is 59.5 Å². The van der Waals surface area contributed by atoms with Crippen LogP contribution in [0.5, 0.6) is 0 Å². The van der Waals surface area contributed by atoms with Crippen LogP contribution in [-0.2, 0) is 4.79 Å². The Bertz CT molecular complexity index is 1140. The van der Waals surface area contributed by atoms with Crippen molar-refractivity contribution < 1.29 is 14.0 Å². The van der Waals surface area contributed by atoms with Gasteiger partial charge in [-0.05, 0) is 36.4 Å². The third kappa shape index (κ3) is 4.03. The number of para-hydroxylation sites is 1. The SMILES string of the molecule is O=C(NCC(=O)N1CCN(c2ccc(F)cc2)CC1)c1c[nH]c2ccccc2c1=O. The number of aromatic amines is 1. The van der Waals surface area contributed by atoms with Gasteiger partial charge in [-0.1, -0.05) is 12.1 Å². The van der Waals surface area contributed by atoms with Crippen molar-refractivity contribution in [2.45, 2.75) is 0 Å². The number of hydrogen-bond acceptors (Lipinski definition) is 4. The van der Waals surface area contributed by atoms with Gasteiger partial charge >= 0.3 is 0 Å². The van der Waals surface area contributed by atoms with Gasteiger partial charge in [-0.2, -0.15) is 0 Å². The van der Waals surface area contributed by atoms with Gasteiger partial charge in [0.05, 0.1) is 6.54 Å². The Labute approximate surface area is 172 Å². The van der Waals surface area contributed by atoms with Crippen molar-refractivity contribution >= 4 is 28.4 Å². The van der Waals surface area contributed by atoms with Crippen molar-refractivity contribution in [1.82, 2.24) is 15.2 Å². The minimum absolute atomic E-state index is 0.0253. The van der Waals surface area contributed by atoms with Crippen LogP contribution in [-0.4, -0.2) is 54.4 Å². The molecule has 30 heavy (non-hydrogen) atoms. The van der Waals surface area contributed by atoms with E-state index in [9.17, 15) is 18.8 Å². The zero-order valence-corrected chi connectivity index (χ0v) is 16.2. The lowest BCUT2D eigenvalue weighted by atomic mass is 10.1. The molecule has 0 saturated carbocycles. The average molecular weight is 408 g/mol. The maximum Gasteiger partial charge on any atom is 0.257 e. The number of nitrogens with one attached hydrogen (secondary N) is 2. The summed E-state index contributed by atoms with van der Waals surface area (Å²) in [4.78, 5) is 44.1. The molecule has 1 aliphatic rings. The molecule has 2 N–H and O–H groups in total. The van der Waals surface area contributed by atoms with Crippen LogP contribution >= 0.6 is 0 Å². The first-order valence-corrected chi connectivity index (χ1v) is 9.70. The molecule has 0 radical (unpaired) electrons. The van der Waals surface area contributed by atoms with Crippen molar-refractivity contribution in [3.05, 3.63) is 76.3 Å². The van der Waals surface area contributed by atoms with E-state index in [0.29, 0.717) is 37.1 Å². The number of hydrogen-bond donors (Lipinski definition) is 2. The number of anilines is 1. The number of H-pyrrole nitrogens is 1. The van der Waals surface area contributed by atoms with Crippen LogP contribution in [0.4, 0.5) is 10.1 Å². The number of piperazine rings is 1. The van der Waals surface area contributed by atoms with Crippen molar-refractivity contribution in [2.75, 3.05) is 37.6 Å². The summed E-state index contributed by atoms with van der Waals surface area (Å²) in [7, 11) is 0. The monoisotopic (exact) mass is 408 g/mol. The highest BCUT2D eigenvalue weighted by Gasteiger charge is 2.22. The molecule has 2 amide bonds. The third-order valence-electron chi connectivity index (χ3n) is 5.26. The average Bonchev–Trinajstić information content (AvgIpc) is 2.78. The Morgan fingerprint density at radius 3 is 2.43 bits per heavy atom. The summed E-state index contributed by atoms with van der Waals surface area (Å²) >= 11 is 0. The second-order valence-electron chi connectivity index (χ2n) is 7.10. The van der Waals surface area contributed by atoms with E-state index in [1.807, 2.05) is 0 Å². The maximum absolute atomic E-state index is 13.1. The molecule has 0 spiro atoms. The summed E-state index contributed by atoms with van der Waals surface area (Å²) in [5.74, 6) is -1.08. The van der Waals surface area contributed by atoms with Crippen LogP contribution in [0.3, 0.4) is 0 Å². The first-order chi connectivity index (χ1) is 14.5. The van der Waals surface area contributed by atoms with Crippen LogP contribution in [0, 0.1) is 5.82 Å². The number of halogens is 1. The maximum atomic E-state index is 13.1. The van der Waals surface area contributed by atoms with Crippen LogP contribution < -0.4 is 15.6 Å². The second-order valence-corrected chi connectivity index (χ2v) is 7.10. The van der Waals surface area contributed by atoms with Gasteiger partial charge in [0.1, 0.15) is 11.4 Å². The molecule has 1 saturated heterocycles. The van der Waals surface area contributed by atoms with Gasteiger partial charge in [-0.3, -0.25) is 14.4 Å². The zero-order chi connectivity index (χ0) is 21.1. The first kappa shape index (κ1) is 19.6. The van der Waals surface area contributed by atoms with E-state index in [2.05, 4.69) is 15.2 Å². The predicted molar refractivity (Wildman–Crippen MR) is 112 cm³/mol. The molecule has 0 bridgehead atoms. The Hall–Kier alpha value is -3.68. The van der Waals surface area contributed by atoms with Gasteiger partial charge < -0.3 is 20.1 Å². The summed E-state index contributed by atoms with van der Waals surface area (Å²) in [6.45, 7) is 2.07. The normalized spacial score (nSPS) is 14.0. The van der Waals surface area contributed by atoms with E-state index in [-0.39, 0.29) is 29.3 Å². The van der Waals surface area contributed by atoms with Crippen molar-refractivity contribution in [1.29, 1.82) is 0 Å². The van der Waals surface area contributed by atoms with Crippen molar-refractivity contribution in [2.24, 2.45) is 0 Å². The number of amides is 2. The van der Waals surface area contributed by atoms with Crippen molar-refractivity contribution in [3.8, 4) is 0 Å². The summed E-state index contributed by atoms with van der Waals surface area (Å²) in [6, 6.07) is 13.2. The lowest BCUT2D eigenvalue weighted by Gasteiger charge is -2.36. The Morgan fingerprint density at radius 2 is 1.70 bits per heavy atom. The Balaban J connectivity index is 1.33. The van der Waals surface area contributed by atoms with E-state index < -0.39 is 5.91 Å². The van der Waals surface area contributed by atoms with E-state index in [4.69, 9.17) is 0 Å². The number of fused-ring (bicyclic) bond motifs is 1. The molecule has 0 atom stereocenters. The standard InChI is InChI=1S/C22H21FN4O3/c23-15-5-7-16(8-6-15)26-9-11-27(12-10-26)20(28)14-25-22(30)18-13-24-19-4-2-1-3-17(19)21(18)29/h1-8,13H,9-12,14H2,(H,24,29)(H,25,30). The summed E-state index contributed by atoms with van der Waals surface area (Å²) in [5.41, 5.74) is 1.16. The van der Waals surface area contributed by atoms with Gasteiger partial charge in [-0.15, -0.1) is 0 Å². The molecule has 4 rings (SSSR count). The van der Waals surface area contributed by atoms with Gasteiger partial charge in [0.15, 0.2) is 0 Å². The quantitative estimate of drug-likeness (QED) is 0.689. The molecule has 1 fully saturated rings. The molecule has 8 heteroatoms. The number of nitrogens with zero attached hydrogens (tertiary/aromatic N) is 2. The van der Waals surface area contributed by atoms with Crippen LogP contribution in [0.2, 0.25) is 0 Å². The lowest BCUT2D eigenvalue weighted by molar-refractivity contribution is -0.130. The van der Waals surface area contributed by atoms with Gasteiger partial charge in [-0.25, -0.2) is 4.39 Å². The number of carbonyl (C=O) groups excluding carboxylic acids is 2. The van der Waals surface area contributed by atoms with E-state index in [1.54, 1.807) is 41.3 Å². The fraction of sp³-hybridized carbons (Fsp3) is 0.227. The highest BCUT2D eigenvalue weighted by Crippen LogP contribution is 2.17. The second kappa shape index (κ2) is 8.36. The highest BCUT2D eigenvalue weighted by molar-refractivity contribution is 5.98. The number of rotatable bonds is 4. The number of benzene rings is 2. The van der Waals surface area contributed by atoms with Gasteiger partial charge in [0, 0.05) is 49.0 Å². The summed E-state index contributed by atoms with van der Waals surface area (Å²) in [6.07, 6.45) is 1.37. The molecular weight excluding hydrogens is 387 g/mol. The molecule has 3 aromatic rings. The molecule has 1 aromatic heterocycles. The molecule has 2 aromatic carbocycles. The first-order valence-electron chi connectivity index (χ1n) is 9.70. The number of carbonyl (C=O) groups is 2. The number of aromatic nitrogens is 1. The topological polar surface area (TPSA) is 85.5 Å². The van der Waals surface area contributed by atoms with Crippen LogP contribution in [0.25, 0.3) is 10.9 Å². The molecule has 7 nitrogen and oxygen atoms in total. The minimum atomic E-state index is -0.583. The molecule has 2 heterocycles. The van der Waals surface area contributed by atoms with E-state index >= 15 is 0 Å². The molecule has 0 aliphatic carbocycles. The van der Waals surface area contributed by atoms with Gasteiger partial charge in [0.25, 0.3) is 5.91 Å². The van der Waals surface area contributed by atoms with Crippen LogP contribution in [0.1, 0.15) is 10.4 Å². The molecule has 154 valence electrons. The minimum Gasteiger partial charge on any atom is -0.368 e. The molecule has 0 unspecified atom stereocenters.